The first-order valence-corrected chi connectivity index (χ1v) is 9.44. The van der Waals surface area contributed by atoms with Gasteiger partial charge in [0, 0.05) is 21.8 Å². The predicted octanol–water partition coefficient (Wildman–Crippen LogP) is 4.23. The average molecular weight is 421 g/mol. The predicted molar refractivity (Wildman–Crippen MR) is 112 cm³/mol. The van der Waals surface area contributed by atoms with Crippen LogP contribution in [-0.4, -0.2) is 10.5 Å². The molecular weight excluding hydrogens is 404 g/mol. The number of carbonyl (C=O) groups is 1. The fraction of sp³-hybridized carbons (Fsp3) is 0.0909. The molecule has 4 nitrogen and oxygen atoms in total. The van der Waals surface area contributed by atoms with Crippen LogP contribution in [0.15, 0.2) is 82.1 Å². The summed E-state index contributed by atoms with van der Waals surface area (Å²) in [7, 11) is 0. The van der Waals surface area contributed by atoms with Crippen molar-refractivity contribution in [3.05, 3.63) is 93.1 Å². The number of pyridine rings is 1. The van der Waals surface area contributed by atoms with E-state index >= 15 is 0 Å². The maximum Gasteiger partial charge on any atom is 0.240 e. The second-order valence-electron chi connectivity index (χ2n) is 6.36. The highest BCUT2D eigenvalue weighted by atomic mass is 79.9. The van der Waals surface area contributed by atoms with Crippen molar-refractivity contribution in [2.75, 3.05) is 0 Å². The van der Waals surface area contributed by atoms with E-state index in [9.17, 15) is 9.59 Å². The van der Waals surface area contributed by atoms with Crippen molar-refractivity contribution in [2.45, 2.75) is 13.1 Å². The van der Waals surface area contributed by atoms with Crippen LogP contribution < -0.4 is 10.7 Å². The third-order valence-corrected chi connectivity index (χ3v) is 5.05. The highest BCUT2D eigenvalue weighted by Crippen LogP contribution is 2.19. The molecule has 27 heavy (non-hydrogen) atoms. The van der Waals surface area contributed by atoms with Crippen LogP contribution in [0.1, 0.15) is 5.56 Å². The molecule has 1 amide bonds. The Morgan fingerprint density at radius 3 is 2.15 bits per heavy atom. The van der Waals surface area contributed by atoms with E-state index in [0.717, 1.165) is 21.1 Å². The monoisotopic (exact) mass is 420 g/mol. The lowest BCUT2D eigenvalue weighted by molar-refractivity contribution is -0.121. The van der Waals surface area contributed by atoms with Crippen molar-refractivity contribution in [2.24, 2.45) is 0 Å². The van der Waals surface area contributed by atoms with E-state index < -0.39 is 0 Å². The highest BCUT2D eigenvalue weighted by molar-refractivity contribution is 9.10. The van der Waals surface area contributed by atoms with Gasteiger partial charge in [-0.05, 0) is 42.0 Å². The first-order chi connectivity index (χ1) is 13.1. The number of para-hydroxylation sites is 2. The van der Waals surface area contributed by atoms with E-state index in [-0.39, 0.29) is 17.9 Å². The fourth-order valence-electron chi connectivity index (χ4n) is 3.29. The molecule has 5 heteroatoms. The van der Waals surface area contributed by atoms with Crippen molar-refractivity contribution < 1.29 is 4.79 Å². The number of hydrogen-bond acceptors (Lipinski definition) is 2. The number of fused-ring (bicyclic) bond motifs is 2. The quantitative estimate of drug-likeness (QED) is 0.502. The molecule has 0 spiro atoms. The molecule has 0 saturated heterocycles. The van der Waals surface area contributed by atoms with Gasteiger partial charge in [-0.2, -0.15) is 0 Å². The maximum atomic E-state index is 12.8. The summed E-state index contributed by atoms with van der Waals surface area (Å²) in [6.07, 6.45) is 0. The molecule has 0 aliphatic rings. The molecule has 0 unspecified atom stereocenters. The molecule has 0 aliphatic heterocycles. The van der Waals surface area contributed by atoms with E-state index in [1.807, 2.05) is 65.2 Å². The minimum Gasteiger partial charge on any atom is -0.350 e. The van der Waals surface area contributed by atoms with Crippen molar-refractivity contribution in [3.8, 4) is 0 Å². The van der Waals surface area contributed by atoms with Gasteiger partial charge in [-0.15, -0.1) is 0 Å². The fourth-order valence-corrected chi connectivity index (χ4v) is 3.74. The Bertz CT molecular complexity index is 1150. The molecule has 1 N–H and O–H groups in total. The van der Waals surface area contributed by atoms with Crippen molar-refractivity contribution >= 4 is 43.6 Å². The molecule has 0 fully saturated rings. The van der Waals surface area contributed by atoms with Crippen LogP contribution in [0.2, 0.25) is 0 Å². The lowest BCUT2D eigenvalue weighted by atomic mass is 10.1. The number of nitrogens with zero attached hydrogens (tertiary/aromatic N) is 1. The third kappa shape index (κ3) is 3.51. The van der Waals surface area contributed by atoms with Gasteiger partial charge in [-0.1, -0.05) is 52.3 Å². The zero-order valence-electron chi connectivity index (χ0n) is 14.5. The van der Waals surface area contributed by atoms with Gasteiger partial charge in [-0.3, -0.25) is 9.59 Å². The van der Waals surface area contributed by atoms with Crippen LogP contribution in [0.5, 0.6) is 0 Å². The first-order valence-electron chi connectivity index (χ1n) is 8.65. The number of benzene rings is 3. The van der Waals surface area contributed by atoms with E-state index in [1.54, 1.807) is 12.1 Å². The summed E-state index contributed by atoms with van der Waals surface area (Å²) in [5.74, 6) is -0.103. The molecule has 0 atom stereocenters. The topological polar surface area (TPSA) is 51.1 Å². The number of nitrogens with one attached hydrogen (secondary N) is 1. The minimum absolute atomic E-state index is 0.00741. The summed E-state index contributed by atoms with van der Waals surface area (Å²) >= 11 is 3.44. The van der Waals surface area contributed by atoms with Gasteiger partial charge in [0.2, 0.25) is 5.91 Å². The van der Waals surface area contributed by atoms with E-state index in [2.05, 4.69) is 21.2 Å². The van der Waals surface area contributed by atoms with E-state index in [0.29, 0.717) is 17.3 Å². The molecule has 0 saturated carbocycles. The molecule has 134 valence electrons. The van der Waals surface area contributed by atoms with Gasteiger partial charge in [0.1, 0.15) is 6.54 Å². The summed E-state index contributed by atoms with van der Waals surface area (Å²) in [5.41, 5.74) is 2.54. The molecule has 0 bridgehead atoms. The number of rotatable bonds is 4. The number of carbonyl (C=O) groups excluding carboxylic acids is 1. The highest BCUT2D eigenvalue weighted by Gasteiger charge is 2.12. The second kappa shape index (κ2) is 7.37. The maximum absolute atomic E-state index is 12.8. The van der Waals surface area contributed by atoms with E-state index in [1.165, 1.54) is 0 Å². The van der Waals surface area contributed by atoms with Gasteiger partial charge < -0.3 is 9.88 Å². The molecule has 3 aromatic carbocycles. The molecule has 4 aromatic rings. The molecule has 1 heterocycles. The van der Waals surface area contributed by atoms with Crippen molar-refractivity contribution in [3.63, 3.8) is 0 Å². The Kier molecular flexibility index (Phi) is 4.77. The Morgan fingerprint density at radius 1 is 0.889 bits per heavy atom. The van der Waals surface area contributed by atoms with Gasteiger partial charge in [0.05, 0.1) is 11.0 Å². The number of hydrogen-bond donors (Lipinski definition) is 1. The third-order valence-electron chi connectivity index (χ3n) is 4.56. The zero-order chi connectivity index (χ0) is 18.8. The summed E-state index contributed by atoms with van der Waals surface area (Å²) < 4.78 is 2.88. The number of aromatic nitrogens is 1. The van der Waals surface area contributed by atoms with E-state index in [4.69, 9.17) is 0 Å². The van der Waals surface area contributed by atoms with Crippen LogP contribution in [-0.2, 0) is 17.9 Å². The SMILES string of the molecule is O=C(Cn1c2ccccc2c(=O)c2ccccc21)NCc1cccc(Br)c1. The molecule has 4 rings (SSSR count). The van der Waals surface area contributed by atoms with Crippen molar-refractivity contribution in [1.82, 2.24) is 9.88 Å². The molecule has 1 aromatic heterocycles. The smallest absolute Gasteiger partial charge is 0.240 e. The Morgan fingerprint density at radius 2 is 1.52 bits per heavy atom. The Hall–Kier alpha value is -2.92. The normalized spacial score (nSPS) is 11.0. The van der Waals surface area contributed by atoms with Crippen LogP contribution in [0.3, 0.4) is 0 Å². The lowest BCUT2D eigenvalue weighted by Crippen LogP contribution is -2.28. The summed E-state index contributed by atoms with van der Waals surface area (Å²) in [6, 6.07) is 22.7. The zero-order valence-corrected chi connectivity index (χ0v) is 16.1. The summed E-state index contributed by atoms with van der Waals surface area (Å²) in [5, 5.41) is 4.20. The van der Waals surface area contributed by atoms with Crippen LogP contribution >= 0.6 is 15.9 Å². The van der Waals surface area contributed by atoms with Gasteiger partial charge in [0.15, 0.2) is 5.43 Å². The first kappa shape index (κ1) is 17.5. The minimum atomic E-state index is -0.103. The number of halogens is 1. The molecule has 0 radical (unpaired) electrons. The molecule has 0 aliphatic carbocycles. The van der Waals surface area contributed by atoms with Gasteiger partial charge in [0.25, 0.3) is 0 Å². The Labute approximate surface area is 164 Å². The number of amides is 1. The van der Waals surface area contributed by atoms with Crippen molar-refractivity contribution in [1.29, 1.82) is 0 Å². The lowest BCUT2D eigenvalue weighted by Gasteiger charge is -2.15. The average Bonchev–Trinajstić information content (AvgIpc) is 2.70. The van der Waals surface area contributed by atoms with Crippen LogP contribution in [0.25, 0.3) is 21.8 Å². The van der Waals surface area contributed by atoms with Crippen LogP contribution in [0.4, 0.5) is 0 Å². The Balaban J connectivity index is 1.69. The van der Waals surface area contributed by atoms with Gasteiger partial charge >= 0.3 is 0 Å². The second-order valence-corrected chi connectivity index (χ2v) is 7.27. The van der Waals surface area contributed by atoms with Gasteiger partial charge in [-0.25, -0.2) is 0 Å². The molecular formula is C22H17BrN2O2. The standard InChI is InChI=1S/C22H17BrN2O2/c23-16-7-5-6-15(12-16)13-24-21(26)14-25-19-10-3-1-8-17(19)22(27)18-9-2-4-11-20(18)25/h1-12H,13-14H2,(H,24,26). The summed E-state index contributed by atoms with van der Waals surface area (Å²) in [6.45, 7) is 0.601. The summed E-state index contributed by atoms with van der Waals surface area (Å²) in [4.78, 5) is 25.4. The largest absolute Gasteiger partial charge is 0.350 e. The van der Waals surface area contributed by atoms with Crippen LogP contribution in [0, 0.1) is 0 Å².